The largest absolute Gasteiger partial charge is 0.352 e. The first-order valence-corrected chi connectivity index (χ1v) is 9.17. The summed E-state index contributed by atoms with van der Waals surface area (Å²) in [5, 5.41) is 4.16. The first kappa shape index (κ1) is 16.1. The van der Waals surface area contributed by atoms with E-state index in [1.165, 1.54) is 11.3 Å². The summed E-state index contributed by atoms with van der Waals surface area (Å²) in [6, 6.07) is 11.4. The molecule has 1 aromatic carbocycles. The number of hydrogen-bond donors (Lipinski definition) is 1. The average molecular weight is 374 g/mol. The molecule has 0 bridgehead atoms. The smallest absolute Gasteiger partial charge is 0.323 e. The van der Waals surface area contributed by atoms with Crippen molar-refractivity contribution >= 4 is 50.1 Å². The summed E-state index contributed by atoms with van der Waals surface area (Å²) >= 11 is 7.68. The Labute approximate surface area is 154 Å². The minimum atomic E-state index is -0.120. The number of benzene rings is 1. The SMILES string of the molecule is O=C(Nc1nc2ccccc2s1)N1CCN(c2ncccc2Cl)CC1. The highest BCUT2D eigenvalue weighted by atomic mass is 35.5. The van der Waals surface area contributed by atoms with E-state index in [1.807, 2.05) is 36.4 Å². The molecule has 1 fully saturated rings. The third kappa shape index (κ3) is 3.38. The Balaban J connectivity index is 1.39. The Hall–Kier alpha value is -2.38. The number of rotatable bonds is 2. The number of aromatic nitrogens is 2. The molecule has 4 rings (SSSR count). The quantitative estimate of drug-likeness (QED) is 0.744. The van der Waals surface area contributed by atoms with E-state index in [2.05, 4.69) is 20.2 Å². The van der Waals surface area contributed by atoms with E-state index in [4.69, 9.17) is 11.6 Å². The summed E-state index contributed by atoms with van der Waals surface area (Å²) in [6.45, 7) is 2.63. The minimum absolute atomic E-state index is 0.120. The molecule has 8 heteroatoms. The summed E-state index contributed by atoms with van der Waals surface area (Å²) in [5.74, 6) is 0.774. The van der Waals surface area contributed by atoms with Crippen molar-refractivity contribution in [2.75, 3.05) is 36.4 Å². The molecule has 2 amide bonds. The number of para-hydroxylation sites is 1. The number of anilines is 2. The van der Waals surface area contributed by atoms with Crippen LogP contribution in [0, 0.1) is 0 Å². The lowest BCUT2D eigenvalue weighted by molar-refractivity contribution is 0.208. The van der Waals surface area contributed by atoms with Gasteiger partial charge >= 0.3 is 6.03 Å². The zero-order valence-corrected chi connectivity index (χ0v) is 14.9. The molecule has 1 N–H and O–H groups in total. The Morgan fingerprint density at radius 3 is 2.68 bits per heavy atom. The van der Waals surface area contributed by atoms with Crippen molar-refractivity contribution in [2.45, 2.75) is 0 Å². The molecule has 1 saturated heterocycles. The van der Waals surface area contributed by atoms with Crippen molar-refractivity contribution in [3.63, 3.8) is 0 Å². The zero-order chi connectivity index (χ0) is 17.2. The molecule has 0 spiro atoms. The van der Waals surface area contributed by atoms with Crippen LogP contribution < -0.4 is 10.2 Å². The number of pyridine rings is 1. The van der Waals surface area contributed by atoms with Crippen molar-refractivity contribution in [2.24, 2.45) is 0 Å². The molecule has 0 radical (unpaired) electrons. The van der Waals surface area contributed by atoms with E-state index < -0.39 is 0 Å². The minimum Gasteiger partial charge on any atom is -0.352 e. The van der Waals surface area contributed by atoms with Gasteiger partial charge in [-0.25, -0.2) is 14.8 Å². The molecule has 0 aliphatic carbocycles. The second-order valence-electron chi connectivity index (χ2n) is 5.70. The fraction of sp³-hybridized carbons (Fsp3) is 0.235. The third-order valence-electron chi connectivity index (χ3n) is 4.11. The molecular weight excluding hydrogens is 358 g/mol. The maximum Gasteiger partial charge on any atom is 0.323 e. The number of nitrogens with zero attached hydrogens (tertiary/aromatic N) is 4. The van der Waals surface area contributed by atoms with Gasteiger partial charge in [0.15, 0.2) is 5.13 Å². The molecule has 0 saturated carbocycles. The van der Waals surface area contributed by atoms with Crippen LogP contribution >= 0.6 is 22.9 Å². The van der Waals surface area contributed by atoms with Crippen molar-refractivity contribution in [1.82, 2.24) is 14.9 Å². The van der Waals surface area contributed by atoms with Gasteiger partial charge in [-0.3, -0.25) is 5.32 Å². The number of piperazine rings is 1. The molecule has 3 heterocycles. The molecule has 2 aromatic heterocycles. The molecule has 128 valence electrons. The van der Waals surface area contributed by atoms with Crippen LogP contribution in [-0.4, -0.2) is 47.1 Å². The van der Waals surface area contributed by atoms with Crippen LogP contribution in [0.3, 0.4) is 0 Å². The lowest BCUT2D eigenvalue weighted by Crippen LogP contribution is -2.50. The number of nitrogens with one attached hydrogen (secondary N) is 1. The number of carbonyl (C=O) groups excluding carboxylic acids is 1. The predicted octanol–water partition coefficient (Wildman–Crippen LogP) is 3.70. The zero-order valence-electron chi connectivity index (χ0n) is 13.4. The second-order valence-corrected chi connectivity index (χ2v) is 7.14. The fourth-order valence-corrected chi connectivity index (χ4v) is 3.92. The number of hydrogen-bond acceptors (Lipinski definition) is 5. The van der Waals surface area contributed by atoms with Gasteiger partial charge in [-0.05, 0) is 24.3 Å². The van der Waals surface area contributed by atoms with E-state index in [9.17, 15) is 4.79 Å². The lowest BCUT2D eigenvalue weighted by Gasteiger charge is -2.35. The van der Waals surface area contributed by atoms with Gasteiger partial charge in [-0.1, -0.05) is 35.1 Å². The summed E-state index contributed by atoms with van der Waals surface area (Å²) in [6.07, 6.45) is 1.73. The summed E-state index contributed by atoms with van der Waals surface area (Å²) in [5.41, 5.74) is 0.900. The molecule has 0 unspecified atom stereocenters. The fourth-order valence-electron chi connectivity index (χ4n) is 2.83. The van der Waals surface area contributed by atoms with Gasteiger partial charge in [0, 0.05) is 32.4 Å². The molecule has 3 aromatic rings. The number of thiazole rings is 1. The summed E-state index contributed by atoms with van der Waals surface area (Å²) in [7, 11) is 0. The highest BCUT2D eigenvalue weighted by molar-refractivity contribution is 7.22. The topological polar surface area (TPSA) is 61.4 Å². The Morgan fingerprint density at radius 2 is 1.92 bits per heavy atom. The van der Waals surface area contributed by atoms with Gasteiger partial charge < -0.3 is 9.80 Å². The van der Waals surface area contributed by atoms with Crippen LogP contribution in [0.2, 0.25) is 5.02 Å². The van der Waals surface area contributed by atoms with E-state index in [1.54, 1.807) is 11.1 Å². The maximum absolute atomic E-state index is 12.5. The van der Waals surface area contributed by atoms with E-state index in [0.29, 0.717) is 36.3 Å². The first-order chi connectivity index (χ1) is 12.2. The second kappa shape index (κ2) is 6.85. The van der Waals surface area contributed by atoms with Gasteiger partial charge in [0.1, 0.15) is 5.82 Å². The molecule has 25 heavy (non-hydrogen) atoms. The van der Waals surface area contributed by atoms with Crippen LogP contribution in [-0.2, 0) is 0 Å². The van der Waals surface area contributed by atoms with Crippen molar-refractivity contribution in [3.05, 3.63) is 47.6 Å². The normalized spacial score (nSPS) is 14.8. The number of halogens is 1. The molecule has 1 aliphatic rings. The monoisotopic (exact) mass is 373 g/mol. The first-order valence-electron chi connectivity index (χ1n) is 7.98. The molecule has 0 atom stereocenters. The van der Waals surface area contributed by atoms with E-state index in [-0.39, 0.29) is 6.03 Å². The van der Waals surface area contributed by atoms with E-state index in [0.717, 1.165) is 16.0 Å². The van der Waals surface area contributed by atoms with Gasteiger partial charge in [0.2, 0.25) is 0 Å². The van der Waals surface area contributed by atoms with Crippen molar-refractivity contribution < 1.29 is 4.79 Å². The third-order valence-corrected chi connectivity index (χ3v) is 5.36. The van der Waals surface area contributed by atoms with Crippen LogP contribution in [0.4, 0.5) is 15.7 Å². The van der Waals surface area contributed by atoms with Crippen molar-refractivity contribution in [1.29, 1.82) is 0 Å². The highest BCUT2D eigenvalue weighted by Gasteiger charge is 2.23. The Kier molecular flexibility index (Phi) is 4.42. The average Bonchev–Trinajstić information content (AvgIpc) is 3.04. The van der Waals surface area contributed by atoms with Gasteiger partial charge in [-0.2, -0.15) is 0 Å². The highest BCUT2D eigenvalue weighted by Crippen LogP contribution is 2.26. The van der Waals surface area contributed by atoms with Gasteiger partial charge in [0.25, 0.3) is 0 Å². The van der Waals surface area contributed by atoms with Gasteiger partial charge in [-0.15, -0.1) is 0 Å². The van der Waals surface area contributed by atoms with Crippen LogP contribution in [0.5, 0.6) is 0 Å². The van der Waals surface area contributed by atoms with Crippen molar-refractivity contribution in [3.8, 4) is 0 Å². The Morgan fingerprint density at radius 1 is 1.12 bits per heavy atom. The van der Waals surface area contributed by atoms with E-state index >= 15 is 0 Å². The number of amides is 2. The van der Waals surface area contributed by atoms with Gasteiger partial charge in [0.05, 0.1) is 15.2 Å². The Bertz CT molecular complexity index is 874. The standard InChI is InChI=1S/C17H16ClN5OS/c18-12-4-3-7-19-15(12)22-8-10-23(11-9-22)17(24)21-16-20-13-5-1-2-6-14(13)25-16/h1-7H,8-11H2,(H,20,21,24). The number of fused-ring (bicyclic) bond motifs is 1. The summed E-state index contributed by atoms with van der Waals surface area (Å²) in [4.78, 5) is 25.1. The number of urea groups is 1. The molecule has 6 nitrogen and oxygen atoms in total. The summed E-state index contributed by atoms with van der Waals surface area (Å²) < 4.78 is 1.06. The van der Waals surface area contributed by atoms with Crippen LogP contribution in [0.15, 0.2) is 42.6 Å². The predicted molar refractivity (Wildman–Crippen MR) is 102 cm³/mol. The lowest BCUT2D eigenvalue weighted by atomic mass is 10.3. The number of carbonyl (C=O) groups is 1. The van der Waals surface area contributed by atoms with Crippen LogP contribution in [0.25, 0.3) is 10.2 Å². The molecule has 1 aliphatic heterocycles. The van der Waals surface area contributed by atoms with Crippen LogP contribution in [0.1, 0.15) is 0 Å². The molecular formula is C17H16ClN5OS. The maximum atomic E-state index is 12.5.